The van der Waals surface area contributed by atoms with Crippen molar-refractivity contribution in [3.8, 4) is 5.88 Å². The van der Waals surface area contributed by atoms with Gasteiger partial charge in [0.1, 0.15) is 11.6 Å². The van der Waals surface area contributed by atoms with Crippen molar-refractivity contribution in [2.45, 2.75) is 26.8 Å². The molecule has 0 atom stereocenters. The van der Waals surface area contributed by atoms with Crippen LogP contribution in [0.4, 0.5) is 5.82 Å². The number of rotatable bonds is 5. The van der Waals surface area contributed by atoms with Crippen LogP contribution in [-0.2, 0) is 13.0 Å². The number of methoxy groups -OCH3 is 1. The van der Waals surface area contributed by atoms with Gasteiger partial charge in [-0.15, -0.1) is 11.3 Å². The number of nitrogens with zero attached hydrogens (tertiary/aromatic N) is 2. The minimum atomic E-state index is 0.590. The Morgan fingerprint density at radius 2 is 2.22 bits per heavy atom. The molecule has 0 saturated heterocycles. The van der Waals surface area contributed by atoms with Gasteiger partial charge in [0.25, 0.3) is 0 Å². The predicted octanol–water partition coefficient (Wildman–Crippen LogP) is 3.03. The Morgan fingerprint density at radius 3 is 2.94 bits per heavy atom. The molecule has 0 aromatic carbocycles. The molecule has 0 unspecified atom stereocenters. The molecule has 4 nitrogen and oxygen atoms in total. The first-order valence-electron chi connectivity index (χ1n) is 5.91. The quantitative estimate of drug-likeness (QED) is 0.900. The van der Waals surface area contributed by atoms with Gasteiger partial charge < -0.3 is 10.1 Å². The molecule has 0 radical (unpaired) electrons. The standard InChI is InChI=1S/C13H17N3OS/c1-4-10-5-6-18-11(10)8-14-12-7-13(17-3)16-9(2)15-12/h5-7H,4,8H2,1-3H3,(H,14,15,16). The molecule has 0 bridgehead atoms. The molecule has 0 aliphatic heterocycles. The molecule has 5 heteroatoms. The maximum Gasteiger partial charge on any atom is 0.218 e. The number of nitrogens with one attached hydrogen (secondary N) is 1. The van der Waals surface area contributed by atoms with Crippen LogP contribution < -0.4 is 10.1 Å². The third-order valence-corrected chi connectivity index (χ3v) is 3.64. The molecular weight excluding hydrogens is 246 g/mol. The number of aryl methyl sites for hydroxylation is 2. The topological polar surface area (TPSA) is 47.0 Å². The molecule has 0 fully saturated rings. The Balaban J connectivity index is 2.08. The molecule has 1 N–H and O–H groups in total. The first kappa shape index (κ1) is 12.8. The smallest absolute Gasteiger partial charge is 0.218 e. The number of aromatic nitrogens is 2. The number of hydrogen-bond donors (Lipinski definition) is 1. The third-order valence-electron chi connectivity index (χ3n) is 2.67. The number of thiophene rings is 1. The lowest BCUT2D eigenvalue weighted by Crippen LogP contribution is -2.04. The lowest BCUT2D eigenvalue weighted by molar-refractivity contribution is 0.396. The SMILES string of the molecule is CCc1ccsc1CNc1cc(OC)nc(C)n1. The summed E-state index contributed by atoms with van der Waals surface area (Å²) in [6, 6.07) is 3.99. The van der Waals surface area contributed by atoms with Crippen molar-refractivity contribution in [3.63, 3.8) is 0 Å². The van der Waals surface area contributed by atoms with Crippen LogP contribution in [0.15, 0.2) is 17.5 Å². The van der Waals surface area contributed by atoms with E-state index < -0.39 is 0 Å². The van der Waals surface area contributed by atoms with E-state index in [0.29, 0.717) is 11.7 Å². The van der Waals surface area contributed by atoms with E-state index in [0.717, 1.165) is 18.8 Å². The summed E-state index contributed by atoms with van der Waals surface area (Å²) in [5.41, 5.74) is 1.39. The molecule has 0 aliphatic carbocycles. The van der Waals surface area contributed by atoms with Crippen LogP contribution in [0.2, 0.25) is 0 Å². The highest BCUT2D eigenvalue weighted by atomic mass is 32.1. The van der Waals surface area contributed by atoms with Crippen molar-refractivity contribution in [3.05, 3.63) is 33.8 Å². The van der Waals surface area contributed by atoms with Gasteiger partial charge in [0, 0.05) is 10.9 Å². The molecule has 96 valence electrons. The number of ether oxygens (including phenoxy) is 1. The molecule has 0 amide bonds. The van der Waals surface area contributed by atoms with Gasteiger partial charge in [0.2, 0.25) is 5.88 Å². The van der Waals surface area contributed by atoms with Crippen molar-refractivity contribution >= 4 is 17.2 Å². The average molecular weight is 263 g/mol. The maximum absolute atomic E-state index is 5.13. The van der Waals surface area contributed by atoms with E-state index in [2.05, 4.69) is 33.7 Å². The van der Waals surface area contributed by atoms with Crippen LogP contribution in [0.25, 0.3) is 0 Å². The second kappa shape index (κ2) is 5.82. The monoisotopic (exact) mass is 263 g/mol. The van der Waals surface area contributed by atoms with Gasteiger partial charge in [-0.3, -0.25) is 0 Å². The molecule has 0 spiro atoms. The minimum absolute atomic E-state index is 0.590. The number of hydrogen-bond acceptors (Lipinski definition) is 5. The zero-order valence-corrected chi connectivity index (χ0v) is 11.7. The van der Waals surface area contributed by atoms with Gasteiger partial charge in [-0.05, 0) is 30.4 Å². The van der Waals surface area contributed by atoms with Crippen molar-refractivity contribution in [2.75, 3.05) is 12.4 Å². The Bertz CT molecular complexity index is 525. The van der Waals surface area contributed by atoms with Crippen molar-refractivity contribution in [1.29, 1.82) is 0 Å². The molecule has 2 heterocycles. The van der Waals surface area contributed by atoms with E-state index in [4.69, 9.17) is 4.74 Å². The van der Waals surface area contributed by atoms with E-state index >= 15 is 0 Å². The maximum atomic E-state index is 5.13. The molecule has 2 rings (SSSR count). The van der Waals surface area contributed by atoms with Crippen LogP contribution in [0.3, 0.4) is 0 Å². The fourth-order valence-corrected chi connectivity index (χ4v) is 2.66. The summed E-state index contributed by atoms with van der Waals surface area (Å²) in [6.45, 7) is 4.82. The zero-order valence-electron chi connectivity index (χ0n) is 10.9. The zero-order chi connectivity index (χ0) is 13.0. The van der Waals surface area contributed by atoms with Crippen LogP contribution in [0, 0.1) is 6.92 Å². The Hall–Kier alpha value is -1.62. The van der Waals surface area contributed by atoms with E-state index in [1.165, 1.54) is 10.4 Å². The normalized spacial score (nSPS) is 10.4. The third kappa shape index (κ3) is 2.98. The van der Waals surface area contributed by atoms with Crippen LogP contribution >= 0.6 is 11.3 Å². The van der Waals surface area contributed by atoms with Crippen molar-refractivity contribution in [1.82, 2.24) is 9.97 Å². The largest absolute Gasteiger partial charge is 0.481 e. The molecule has 0 saturated carbocycles. The fraction of sp³-hybridized carbons (Fsp3) is 0.385. The molecule has 2 aromatic heterocycles. The van der Waals surface area contributed by atoms with Gasteiger partial charge in [-0.1, -0.05) is 6.92 Å². The van der Waals surface area contributed by atoms with Crippen LogP contribution in [0.5, 0.6) is 5.88 Å². The molecule has 2 aromatic rings. The highest BCUT2D eigenvalue weighted by molar-refractivity contribution is 7.10. The molecule has 0 aliphatic rings. The van der Waals surface area contributed by atoms with E-state index in [1.54, 1.807) is 18.4 Å². The van der Waals surface area contributed by atoms with E-state index in [9.17, 15) is 0 Å². The van der Waals surface area contributed by atoms with Gasteiger partial charge in [-0.25, -0.2) is 4.98 Å². The van der Waals surface area contributed by atoms with Gasteiger partial charge in [-0.2, -0.15) is 4.98 Å². The van der Waals surface area contributed by atoms with E-state index in [-0.39, 0.29) is 0 Å². The second-order valence-corrected chi connectivity index (χ2v) is 4.92. The van der Waals surface area contributed by atoms with E-state index in [1.807, 2.05) is 13.0 Å². The minimum Gasteiger partial charge on any atom is -0.481 e. The van der Waals surface area contributed by atoms with Crippen molar-refractivity contribution in [2.24, 2.45) is 0 Å². The molecule has 18 heavy (non-hydrogen) atoms. The van der Waals surface area contributed by atoms with Crippen LogP contribution in [0.1, 0.15) is 23.2 Å². The summed E-state index contributed by atoms with van der Waals surface area (Å²) >= 11 is 1.77. The Kier molecular flexibility index (Phi) is 4.15. The fourth-order valence-electron chi connectivity index (χ4n) is 1.74. The summed E-state index contributed by atoms with van der Waals surface area (Å²) in [4.78, 5) is 9.85. The summed E-state index contributed by atoms with van der Waals surface area (Å²) < 4.78 is 5.13. The van der Waals surface area contributed by atoms with Gasteiger partial charge in [0.15, 0.2) is 0 Å². The van der Waals surface area contributed by atoms with Crippen molar-refractivity contribution < 1.29 is 4.74 Å². The first-order chi connectivity index (χ1) is 8.72. The molecular formula is C13H17N3OS. The first-order valence-corrected chi connectivity index (χ1v) is 6.79. The number of anilines is 1. The summed E-state index contributed by atoms with van der Waals surface area (Å²) in [6.07, 6.45) is 1.06. The second-order valence-electron chi connectivity index (χ2n) is 3.92. The summed E-state index contributed by atoms with van der Waals surface area (Å²) in [7, 11) is 1.61. The predicted molar refractivity (Wildman–Crippen MR) is 74.3 cm³/mol. The lowest BCUT2D eigenvalue weighted by Gasteiger charge is -2.08. The van der Waals surface area contributed by atoms with Gasteiger partial charge in [0.05, 0.1) is 13.7 Å². The summed E-state index contributed by atoms with van der Waals surface area (Å²) in [5, 5.41) is 5.44. The Labute approximate surface area is 111 Å². The van der Waals surface area contributed by atoms with Crippen LogP contribution in [-0.4, -0.2) is 17.1 Å². The lowest BCUT2D eigenvalue weighted by atomic mass is 10.2. The summed E-state index contributed by atoms with van der Waals surface area (Å²) in [5.74, 6) is 2.10. The van der Waals surface area contributed by atoms with Gasteiger partial charge >= 0.3 is 0 Å². The Morgan fingerprint density at radius 1 is 1.39 bits per heavy atom. The highest BCUT2D eigenvalue weighted by Gasteiger charge is 2.05. The average Bonchev–Trinajstić information content (AvgIpc) is 2.83. The highest BCUT2D eigenvalue weighted by Crippen LogP contribution is 2.19.